The van der Waals surface area contributed by atoms with Crippen molar-refractivity contribution in [1.82, 2.24) is 5.43 Å². The highest BCUT2D eigenvalue weighted by Crippen LogP contribution is 2.34. The summed E-state index contributed by atoms with van der Waals surface area (Å²) in [5, 5.41) is 10.7. The van der Waals surface area contributed by atoms with E-state index in [0.29, 0.717) is 18.1 Å². The van der Waals surface area contributed by atoms with Gasteiger partial charge in [-0.3, -0.25) is 15.2 Å². The molecule has 2 N–H and O–H groups in total. The molecule has 0 saturated heterocycles. The summed E-state index contributed by atoms with van der Waals surface area (Å²) in [6, 6.07) is 25.4. The van der Waals surface area contributed by atoms with E-state index in [0.717, 1.165) is 42.6 Å². The summed E-state index contributed by atoms with van der Waals surface area (Å²) >= 11 is 0. The molecule has 3 aromatic carbocycles. The van der Waals surface area contributed by atoms with Crippen molar-refractivity contribution in [1.29, 1.82) is 0 Å². The Hall–Kier alpha value is -3.80. The lowest BCUT2D eigenvalue weighted by Gasteiger charge is -2.28. The zero-order valence-corrected chi connectivity index (χ0v) is 18.4. The van der Waals surface area contributed by atoms with Crippen LogP contribution in [0.2, 0.25) is 0 Å². The van der Waals surface area contributed by atoms with Crippen LogP contribution < -0.4 is 15.2 Å². The molecule has 0 fully saturated rings. The van der Waals surface area contributed by atoms with Crippen molar-refractivity contribution in [2.45, 2.75) is 32.1 Å². The van der Waals surface area contributed by atoms with Crippen LogP contribution in [0.4, 0.5) is 11.4 Å². The molecule has 4 rings (SSSR count). The van der Waals surface area contributed by atoms with Gasteiger partial charge in [0.05, 0.1) is 11.4 Å². The van der Waals surface area contributed by atoms with Crippen LogP contribution in [0.3, 0.4) is 0 Å². The van der Waals surface area contributed by atoms with Crippen LogP contribution in [0.5, 0.6) is 5.75 Å². The number of rotatable bonds is 9. The van der Waals surface area contributed by atoms with Crippen molar-refractivity contribution in [3.63, 3.8) is 0 Å². The quantitative estimate of drug-likeness (QED) is 0.459. The van der Waals surface area contributed by atoms with Gasteiger partial charge in [-0.2, -0.15) is 0 Å². The average Bonchev–Trinajstić information content (AvgIpc) is 2.85. The van der Waals surface area contributed by atoms with Gasteiger partial charge in [-0.1, -0.05) is 48.5 Å². The monoisotopic (exact) mass is 444 g/mol. The largest absolute Gasteiger partial charge is 0.482 e. The van der Waals surface area contributed by atoms with E-state index in [1.54, 1.807) is 0 Å². The van der Waals surface area contributed by atoms with E-state index in [2.05, 4.69) is 11.5 Å². The summed E-state index contributed by atoms with van der Waals surface area (Å²) in [5.74, 6) is 0.0618. The lowest BCUT2D eigenvalue weighted by Crippen LogP contribution is -2.39. The molecule has 0 bridgehead atoms. The van der Waals surface area contributed by atoms with Crippen LogP contribution in [-0.2, 0) is 22.4 Å². The number of hydrogen-bond acceptors (Lipinski definition) is 4. The van der Waals surface area contributed by atoms with E-state index in [1.807, 2.05) is 77.8 Å². The first-order valence-corrected chi connectivity index (χ1v) is 11.2. The molecule has 0 spiro atoms. The molecule has 6 heteroatoms. The van der Waals surface area contributed by atoms with Gasteiger partial charge in [-0.25, -0.2) is 4.79 Å². The van der Waals surface area contributed by atoms with Crippen molar-refractivity contribution in [2.24, 2.45) is 5.92 Å². The van der Waals surface area contributed by atoms with Gasteiger partial charge in [0.1, 0.15) is 5.75 Å². The fourth-order valence-corrected chi connectivity index (χ4v) is 4.32. The van der Waals surface area contributed by atoms with Crippen LogP contribution in [0.1, 0.15) is 30.4 Å². The number of fused-ring (bicyclic) bond motifs is 1. The molecule has 0 aromatic heterocycles. The molecule has 0 radical (unpaired) electrons. The number of benzene rings is 3. The fraction of sp³-hybridized carbons (Fsp3) is 0.259. The molecule has 0 heterocycles. The molecule has 170 valence electrons. The van der Waals surface area contributed by atoms with E-state index in [4.69, 9.17) is 9.84 Å². The topological polar surface area (TPSA) is 78.9 Å². The number of carboxylic acid groups (broad SMARTS) is 1. The molecule has 1 amide bonds. The third kappa shape index (κ3) is 5.92. The number of nitrogens with zero attached hydrogens (tertiary/aromatic N) is 1. The Kier molecular flexibility index (Phi) is 7.25. The third-order valence-corrected chi connectivity index (χ3v) is 5.94. The maximum atomic E-state index is 12.9. The molecule has 33 heavy (non-hydrogen) atoms. The van der Waals surface area contributed by atoms with Gasteiger partial charge in [0.25, 0.3) is 0 Å². The lowest BCUT2D eigenvalue weighted by atomic mass is 9.81. The number of amides is 1. The first kappa shape index (κ1) is 22.4. The summed E-state index contributed by atoms with van der Waals surface area (Å²) in [6.45, 7) is -0.334. The lowest BCUT2D eigenvalue weighted by molar-refractivity contribution is -0.139. The summed E-state index contributed by atoms with van der Waals surface area (Å²) in [6.07, 6.45) is 3.88. The van der Waals surface area contributed by atoms with Crippen LogP contribution in [0.15, 0.2) is 78.9 Å². The highest BCUT2D eigenvalue weighted by atomic mass is 16.5. The van der Waals surface area contributed by atoms with Crippen molar-refractivity contribution in [3.8, 4) is 5.75 Å². The number of anilines is 2. The second kappa shape index (κ2) is 10.7. The SMILES string of the molecule is O=C(O)COc1cccc2c1CCC(CCC(=O)NN(c1ccccc1)c1ccccc1)C2. The fourth-order valence-electron chi connectivity index (χ4n) is 4.32. The highest BCUT2D eigenvalue weighted by molar-refractivity contribution is 5.80. The number of carbonyl (C=O) groups is 2. The maximum Gasteiger partial charge on any atom is 0.341 e. The molecule has 6 nitrogen and oxygen atoms in total. The Bertz CT molecular complexity index is 1050. The number of aliphatic carboxylic acids is 1. The second-order valence-electron chi connectivity index (χ2n) is 8.27. The predicted molar refractivity (Wildman–Crippen MR) is 127 cm³/mol. The molecule has 1 aliphatic carbocycles. The van der Waals surface area contributed by atoms with Gasteiger partial charge < -0.3 is 9.84 Å². The molecular weight excluding hydrogens is 416 g/mol. The number of hydrogen-bond donors (Lipinski definition) is 2. The van der Waals surface area contributed by atoms with Gasteiger partial charge in [-0.05, 0) is 73.1 Å². The Balaban J connectivity index is 1.36. The van der Waals surface area contributed by atoms with Crippen molar-refractivity contribution < 1.29 is 19.4 Å². The summed E-state index contributed by atoms with van der Waals surface area (Å²) in [7, 11) is 0. The van der Waals surface area contributed by atoms with Crippen molar-refractivity contribution in [2.75, 3.05) is 11.6 Å². The molecule has 3 aromatic rings. The molecule has 0 aliphatic heterocycles. The zero-order chi connectivity index (χ0) is 23.0. The molecule has 0 saturated carbocycles. The van der Waals surface area contributed by atoms with Gasteiger partial charge in [0.2, 0.25) is 5.91 Å². The van der Waals surface area contributed by atoms with Crippen LogP contribution in [0, 0.1) is 5.92 Å². The van der Waals surface area contributed by atoms with Crippen molar-refractivity contribution in [3.05, 3.63) is 90.0 Å². The van der Waals surface area contributed by atoms with E-state index in [9.17, 15) is 9.59 Å². The Morgan fingerprint density at radius 2 is 1.61 bits per heavy atom. The van der Waals surface area contributed by atoms with Gasteiger partial charge >= 0.3 is 5.97 Å². The molecule has 1 aliphatic rings. The standard InChI is InChI=1S/C27H28N2O4/c30-26(28-29(22-9-3-1-4-10-22)23-11-5-2-6-12-23)17-15-20-14-16-24-21(18-20)8-7-13-25(24)33-19-27(31)32/h1-13,20H,14-19H2,(H,28,30)(H,31,32). The first-order valence-electron chi connectivity index (χ1n) is 11.2. The number of ether oxygens (including phenoxy) is 1. The van der Waals surface area contributed by atoms with Crippen LogP contribution in [-0.4, -0.2) is 23.6 Å². The number of carboxylic acids is 1. The zero-order valence-electron chi connectivity index (χ0n) is 18.4. The minimum absolute atomic E-state index is 0.0213. The van der Waals surface area contributed by atoms with E-state index >= 15 is 0 Å². The summed E-state index contributed by atoms with van der Waals surface area (Å²) < 4.78 is 5.46. The molecular formula is C27H28N2O4. The van der Waals surface area contributed by atoms with E-state index < -0.39 is 5.97 Å². The average molecular weight is 445 g/mol. The van der Waals surface area contributed by atoms with E-state index in [-0.39, 0.29) is 12.5 Å². The smallest absolute Gasteiger partial charge is 0.341 e. The highest BCUT2D eigenvalue weighted by Gasteiger charge is 2.23. The normalized spacial score (nSPS) is 14.7. The molecule has 1 atom stereocenters. The van der Waals surface area contributed by atoms with Gasteiger partial charge in [0, 0.05) is 6.42 Å². The maximum absolute atomic E-state index is 12.9. The Morgan fingerprint density at radius 1 is 0.939 bits per heavy atom. The predicted octanol–water partition coefficient (Wildman–Crippen LogP) is 4.90. The Morgan fingerprint density at radius 3 is 2.24 bits per heavy atom. The number of para-hydroxylation sites is 2. The van der Waals surface area contributed by atoms with E-state index in [1.165, 1.54) is 5.56 Å². The second-order valence-corrected chi connectivity index (χ2v) is 8.27. The van der Waals surface area contributed by atoms with Crippen LogP contribution in [0.25, 0.3) is 0 Å². The third-order valence-electron chi connectivity index (χ3n) is 5.94. The number of nitrogens with one attached hydrogen (secondary N) is 1. The summed E-state index contributed by atoms with van der Waals surface area (Å²) in [4.78, 5) is 23.7. The molecule has 1 unspecified atom stereocenters. The Labute approximate surface area is 193 Å². The van der Waals surface area contributed by atoms with Crippen molar-refractivity contribution >= 4 is 23.3 Å². The summed E-state index contributed by atoms with van der Waals surface area (Å²) in [5.41, 5.74) is 7.15. The minimum atomic E-state index is -0.979. The van der Waals surface area contributed by atoms with Gasteiger partial charge in [-0.15, -0.1) is 0 Å². The first-order chi connectivity index (χ1) is 16.1. The minimum Gasteiger partial charge on any atom is -0.482 e. The van der Waals surface area contributed by atoms with Gasteiger partial charge in [0.15, 0.2) is 6.61 Å². The van der Waals surface area contributed by atoms with Crippen LogP contribution >= 0.6 is 0 Å². The number of carbonyl (C=O) groups excluding carboxylic acids is 1. The number of hydrazine groups is 1.